The van der Waals surface area contributed by atoms with Crippen LogP contribution in [0.15, 0.2) is 18.2 Å². The zero-order chi connectivity index (χ0) is 13.1. The zero-order valence-electron chi connectivity index (χ0n) is 10.1. The molecule has 0 radical (unpaired) electrons. The number of hydrogen-bond donors (Lipinski definition) is 1. The van der Waals surface area contributed by atoms with Crippen molar-refractivity contribution in [2.24, 2.45) is 0 Å². The Bertz CT molecular complexity index is 542. The third kappa shape index (κ3) is 3.40. The van der Waals surface area contributed by atoms with Crippen LogP contribution in [0.25, 0.3) is 0 Å². The number of aromatic nitrogens is 2. The Balaban J connectivity index is 2.11. The quantitative estimate of drug-likeness (QED) is 0.930. The number of rotatable bonds is 4. The summed E-state index contributed by atoms with van der Waals surface area (Å²) in [6.45, 7) is 4.08. The second-order valence-corrected chi connectivity index (χ2v) is 5.39. The van der Waals surface area contributed by atoms with Crippen LogP contribution in [0.5, 0.6) is 0 Å². The Morgan fingerprint density at radius 3 is 2.89 bits per heavy atom. The second kappa shape index (κ2) is 5.63. The van der Waals surface area contributed by atoms with Crippen molar-refractivity contribution in [3.8, 4) is 0 Å². The Kier molecular flexibility index (Phi) is 4.14. The molecule has 0 fully saturated rings. The number of anilines is 1. The molecule has 96 valence electrons. The van der Waals surface area contributed by atoms with Crippen molar-refractivity contribution in [1.29, 1.82) is 0 Å². The fraction of sp³-hybridized carbons (Fsp3) is 0.333. The van der Waals surface area contributed by atoms with E-state index in [1.165, 1.54) is 23.7 Å². The van der Waals surface area contributed by atoms with Crippen LogP contribution in [0.3, 0.4) is 0 Å². The fourth-order valence-corrected chi connectivity index (χ4v) is 2.43. The highest BCUT2D eigenvalue weighted by atomic mass is 35.5. The standard InChI is InChI=1S/C12H13ClFN3S/c1-7(2)15-12-16-11(17-18-12)5-8-3-4-9(14)6-10(8)13/h3-4,6-7H,5H2,1-2H3,(H,15,16,17). The van der Waals surface area contributed by atoms with Gasteiger partial charge in [0.25, 0.3) is 0 Å². The molecule has 0 aliphatic heterocycles. The van der Waals surface area contributed by atoms with E-state index in [2.05, 4.69) is 14.7 Å². The number of halogens is 2. The van der Waals surface area contributed by atoms with Gasteiger partial charge in [-0.05, 0) is 31.5 Å². The number of nitrogens with one attached hydrogen (secondary N) is 1. The monoisotopic (exact) mass is 285 g/mol. The van der Waals surface area contributed by atoms with E-state index in [0.29, 0.717) is 23.3 Å². The normalized spacial score (nSPS) is 10.9. The van der Waals surface area contributed by atoms with Crippen molar-refractivity contribution < 1.29 is 4.39 Å². The molecule has 3 nitrogen and oxygen atoms in total. The summed E-state index contributed by atoms with van der Waals surface area (Å²) in [5.74, 6) is 0.355. The number of nitrogens with zero attached hydrogens (tertiary/aromatic N) is 2. The summed E-state index contributed by atoms with van der Waals surface area (Å²) in [6.07, 6.45) is 0.509. The first kappa shape index (κ1) is 13.2. The van der Waals surface area contributed by atoms with Gasteiger partial charge in [0.15, 0.2) is 0 Å². The van der Waals surface area contributed by atoms with Crippen molar-refractivity contribution in [3.63, 3.8) is 0 Å². The predicted molar refractivity (Wildman–Crippen MR) is 72.9 cm³/mol. The van der Waals surface area contributed by atoms with Crippen LogP contribution in [0.2, 0.25) is 5.02 Å². The molecule has 0 unspecified atom stereocenters. The van der Waals surface area contributed by atoms with E-state index in [9.17, 15) is 4.39 Å². The highest BCUT2D eigenvalue weighted by Crippen LogP contribution is 2.21. The summed E-state index contributed by atoms with van der Waals surface area (Å²) in [5.41, 5.74) is 0.826. The van der Waals surface area contributed by atoms with Gasteiger partial charge in [0.2, 0.25) is 5.13 Å². The van der Waals surface area contributed by atoms with Gasteiger partial charge < -0.3 is 5.32 Å². The minimum Gasteiger partial charge on any atom is -0.358 e. The third-order valence-electron chi connectivity index (χ3n) is 2.24. The van der Waals surface area contributed by atoms with Gasteiger partial charge in [0, 0.05) is 29.0 Å². The molecule has 0 aliphatic rings. The first-order valence-electron chi connectivity index (χ1n) is 5.57. The lowest BCUT2D eigenvalue weighted by atomic mass is 10.1. The smallest absolute Gasteiger partial charge is 0.202 e. The average Bonchev–Trinajstić information content (AvgIpc) is 2.69. The van der Waals surface area contributed by atoms with Gasteiger partial charge in [0.05, 0.1) is 0 Å². The first-order chi connectivity index (χ1) is 8.54. The van der Waals surface area contributed by atoms with Crippen LogP contribution in [0.1, 0.15) is 25.2 Å². The van der Waals surface area contributed by atoms with Crippen molar-refractivity contribution in [2.75, 3.05) is 5.32 Å². The summed E-state index contributed by atoms with van der Waals surface area (Å²) in [4.78, 5) is 4.35. The molecule has 0 aliphatic carbocycles. The molecule has 2 aromatic rings. The van der Waals surface area contributed by atoms with Crippen LogP contribution in [0.4, 0.5) is 9.52 Å². The van der Waals surface area contributed by atoms with E-state index in [0.717, 1.165) is 10.7 Å². The van der Waals surface area contributed by atoms with Gasteiger partial charge in [-0.25, -0.2) is 9.37 Å². The lowest BCUT2D eigenvalue weighted by Crippen LogP contribution is -2.09. The molecular weight excluding hydrogens is 273 g/mol. The highest BCUT2D eigenvalue weighted by Gasteiger charge is 2.08. The molecule has 18 heavy (non-hydrogen) atoms. The van der Waals surface area contributed by atoms with Crippen LogP contribution >= 0.6 is 23.1 Å². The molecule has 0 amide bonds. The average molecular weight is 286 g/mol. The van der Waals surface area contributed by atoms with Crippen molar-refractivity contribution in [1.82, 2.24) is 9.36 Å². The number of benzene rings is 1. The minimum atomic E-state index is -0.336. The van der Waals surface area contributed by atoms with Gasteiger partial charge in [-0.2, -0.15) is 4.37 Å². The molecule has 0 atom stereocenters. The van der Waals surface area contributed by atoms with Crippen LogP contribution in [0, 0.1) is 5.82 Å². The summed E-state index contributed by atoms with van der Waals surface area (Å²) in [5, 5.41) is 4.38. The van der Waals surface area contributed by atoms with Crippen LogP contribution < -0.4 is 5.32 Å². The van der Waals surface area contributed by atoms with Crippen molar-refractivity contribution in [3.05, 3.63) is 40.4 Å². The van der Waals surface area contributed by atoms with E-state index < -0.39 is 0 Å². The zero-order valence-corrected chi connectivity index (χ0v) is 11.6. The van der Waals surface area contributed by atoms with Crippen LogP contribution in [-0.2, 0) is 6.42 Å². The lowest BCUT2D eigenvalue weighted by molar-refractivity contribution is 0.627. The summed E-state index contributed by atoms with van der Waals surface area (Å²) in [7, 11) is 0. The molecule has 2 rings (SSSR count). The van der Waals surface area contributed by atoms with E-state index in [1.807, 2.05) is 13.8 Å². The number of hydrogen-bond acceptors (Lipinski definition) is 4. The maximum absolute atomic E-state index is 12.9. The van der Waals surface area contributed by atoms with E-state index in [4.69, 9.17) is 11.6 Å². The van der Waals surface area contributed by atoms with Crippen molar-refractivity contribution >= 4 is 28.3 Å². The maximum atomic E-state index is 12.9. The first-order valence-corrected chi connectivity index (χ1v) is 6.73. The van der Waals surface area contributed by atoms with E-state index in [1.54, 1.807) is 6.07 Å². The van der Waals surface area contributed by atoms with Crippen LogP contribution in [-0.4, -0.2) is 15.4 Å². The molecule has 6 heteroatoms. The second-order valence-electron chi connectivity index (χ2n) is 4.23. The molecule has 0 saturated carbocycles. The molecule has 1 aromatic heterocycles. The van der Waals surface area contributed by atoms with Gasteiger partial charge in [-0.3, -0.25) is 0 Å². The van der Waals surface area contributed by atoms with E-state index >= 15 is 0 Å². The van der Waals surface area contributed by atoms with Gasteiger partial charge in [-0.15, -0.1) is 0 Å². The summed E-state index contributed by atoms with van der Waals surface area (Å²) in [6, 6.07) is 4.67. The Morgan fingerprint density at radius 2 is 2.22 bits per heavy atom. The Labute approximate surface area is 114 Å². The van der Waals surface area contributed by atoms with Gasteiger partial charge in [0.1, 0.15) is 11.6 Å². The Morgan fingerprint density at radius 1 is 1.44 bits per heavy atom. The lowest BCUT2D eigenvalue weighted by Gasteiger charge is -2.03. The SMILES string of the molecule is CC(C)Nc1nc(Cc2ccc(F)cc2Cl)ns1. The molecule has 1 aromatic carbocycles. The minimum absolute atomic E-state index is 0.320. The molecule has 1 heterocycles. The van der Waals surface area contributed by atoms with Gasteiger partial charge >= 0.3 is 0 Å². The largest absolute Gasteiger partial charge is 0.358 e. The third-order valence-corrected chi connectivity index (χ3v) is 3.28. The molecule has 0 bridgehead atoms. The van der Waals surface area contributed by atoms with Gasteiger partial charge in [-0.1, -0.05) is 17.7 Å². The highest BCUT2D eigenvalue weighted by molar-refractivity contribution is 7.09. The van der Waals surface area contributed by atoms with E-state index in [-0.39, 0.29) is 5.82 Å². The summed E-state index contributed by atoms with van der Waals surface area (Å²) < 4.78 is 17.2. The maximum Gasteiger partial charge on any atom is 0.202 e. The molecule has 1 N–H and O–H groups in total. The fourth-order valence-electron chi connectivity index (χ4n) is 1.47. The molecule has 0 saturated heterocycles. The van der Waals surface area contributed by atoms with Crippen molar-refractivity contribution in [2.45, 2.75) is 26.3 Å². The predicted octanol–water partition coefficient (Wildman–Crippen LogP) is 3.74. The Hall–Kier alpha value is -1.20. The topological polar surface area (TPSA) is 37.8 Å². The molecule has 0 spiro atoms. The summed E-state index contributed by atoms with van der Waals surface area (Å²) >= 11 is 7.28. The molecular formula is C12H13ClFN3S.